The minimum absolute atomic E-state index is 0.0848. The van der Waals surface area contributed by atoms with Gasteiger partial charge in [-0.1, -0.05) is 25.3 Å². The highest BCUT2D eigenvalue weighted by molar-refractivity contribution is 7.91. The van der Waals surface area contributed by atoms with Crippen molar-refractivity contribution in [1.29, 1.82) is 0 Å². The van der Waals surface area contributed by atoms with Crippen LogP contribution in [0.4, 0.5) is 4.79 Å². The Bertz CT molecular complexity index is 2090. The summed E-state index contributed by atoms with van der Waals surface area (Å²) < 4.78 is 41.2. The molecule has 1 N–H and O–H groups in total. The van der Waals surface area contributed by atoms with E-state index in [9.17, 15) is 22.8 Å². The van der Waals surface area contributed by atoms with E-state index in [-0.39, 0.29) is 36.2 Å². The maximum Gasteiger partial charge on any atom is 0.410 e. The number of amides is 3. The van der Waals surface area contributed by atoms with Gasteiger partial charge in [-0.15, -0.1) is 0 Å². The molecule has 11 nitrogen and oxygen atoms in total. The summed E-state index contributed by atoms with van der Waals surface area (Å²) in [6.07, 6.45) is 8.99. The predicted molar refractivity (Wildman–Crippen MR) is 194 cm³/mol. The number of hydrogen-bond donors (Lipinski definition) is 1. The largest absolute Gasteiger partial charge is 0.497 e. The number of methoxy groups -OCH3 is 1. The summed E-state index contributed by atoms with van der Waals surface area (Å²) in [4.78, 5) is 44.6. The van der Waals surface area contributed by atoms with Gasteiger partial charge in [-0.2, -0.15) is 0 Å². The van der Waals surface area contributed by atoms with Crippen LogP contribution < -0.4 is 9.46 Å². The van der Waals surface area contributed by atoms with E-state index in [0.717, 1.165) is 53.4 Å². The minimum atomic E-state index is -3.73. The van der Waals surface area contributed by atoms with Crippen molar-refractivity contribution in [3.8, 4) is 17.0 Å². The van der Waals surface area contributed by atoms with E-state index < -0.39 is 26.8 Å². The molecule has 0 spiro atoms. The van der Waals surface area contributed by atoms with Gasteiger partial charge in [0.2, 0.25) is 10.0 Å². The van der Waals surface area contributed by atoms with E-state index in [0.29, 0.717) is 49.6 Å². The Kier molecular flexibility index (Phi) is 8.23. The fourth-order valence-electron chi connectivity index (χ4n) is 8.61. The lowest BCUT2D eigenvalue weighted by Crippen LogP contribution is -2.52. The molecule has 3 amide bonds. The second-order valence-electron chi connectivity index (χ2n) is 15.8. The number of nitrogens with one attached hydrogen (secondary N) is 1. The summed E-state index contributed by atoms with van der Waals surface area (Å²) in [7, 11) is -2.10. The van der Waals surface area contributed by atoms with Crippen molar-refractivity contribution in [1.82, 2.24) is 19.1 Å². The smallest absolute Gasteiger partial charge is 0.410 e. The molecule has 270 valence electrons. The molecule has 0 radical (unpaired) electrons. The van der Waals surface area contributed by atoms with Crippen LogP contribution in [0.2, 0.25) is 0 Å². The Hall–Kier alpha value is -4.32. The summed E-state index contributed by atoms with van der Waals surface area (Å²) in [5.41, 5.74) is 5.15. The molecule has 51 heavy (non-hydrogen) atoms. The van der Waals surface area contributed by atoms with E-state index in [1.54, 1.807) is 24.1 Å². The highest BCUT2D eigenvalue weighted by Crippen LogP contribution is 2.47. The zero-order valence-electron chi connectivity index (χ0n) is 29.7. The summed E-state index contributed by atoms with van der Waals surface area (Å²) in [5.74, 6) is 0.252. The fraction of sp³-hybridized carbons (Fsp3) is 0.513. The second kappa shape index (κ2) is 12.4. The Morgan fingerprint density at radius 1 is 0.902 bits per heavy atom. The zero-order chi connectivity index (χ0) is 35.8. The molecular formula is C39H46N4O7S. The lowest BCUT2D eigenvalue weighted by atomic mass is 9.81. The zero-order valence-corrected chi connectivity index (χ0v) is 30.6. The maximum atomic E-state index is 14.6. The average Bonchev–Trinajstić information content (AvgIpc) is 3.72. The Morgan fingerprint density at radius 2 is 1.63 bits per heavy atom. The number of benzene rings is 2. The summed E-state index contributed by atoms with van der Waals surface area (Å²) in [5, 5.41) is 0.499. The molecule has 12 heteroatoms. The Morgan fingerprint density at radius 3 is 2.29 bits per heavy atom. The van der Waals surface area contributed by atoms with Crippen LogP contribution in [0, 0.1) is 0 Å². The molecule has 2 aromatic carbocycles. The predicted octanol–water partition coefficient (Wildman–Crippen LogP) is 6.20. The highest BCUT2D eigenvalue weighted by Gasteiger charge is 2.49. The quantitative estimate of drug-likeness (QED) is 0.322. The number of nitrogens with zero attached hydrogens (tertiary/aromatic N) is 3. The third-order valence-electron chi connectivity index (χ3n) is 11.2. The number of carbonyl (C=O) groups excluding carboxylic acids is 3. The van der Waals surface area contributed by atoms with Crippen LogP contribution >= 0.6 is 0 Å². The lowest BCUT2D eigenvalue weighted by molar-refractivity contribution is -0.129. The topological polar surface area (TPSA) is 127 Å². The number of aromatic nitrogens is 1. The van der Waals surface area contributed by atoms with Gasteiger partial charge in [0.25, 0.3) is 11.8 Å². The van der Waals surface area contributed by atoms with Gasteiger partial charge in [0.15, 0.2) is 0 Å². The Labute approximate surface area is 299 Å². The standard InChI is InChI=1S/C39H46N4O7S/c1-39(2,3)50-38(46)42-22-27-19-28(42)21-41(27)37(45)26-16-25-17-29(49-4)11-15-31(25)35-34(23-8-6-5-7-9-23)32-14-10-24(18-33(32)43(35)20-26)36(44)40-51(47,48)30-12-13-30/h10-11,14-18,23,27-28,30H,5-9,12-13,19-22H2,1-4H3,(H,40,44). The van der Waals surface area contributed by atoms with E-state index in [1.807, 2.05) is 49.9 Å². The first-order valence-corrected chi connectivity index (χ1v) is 19.8. The number of hydrogen-bond acceptors (Lipinski definition) is 7. The van der Waals surface area contributed by atoms with Crippen LogP contribution in [0.15, 0.2) is 42.0 Å². The molecule has 2 atom stereocenters. The molecule has 4 fully saturated rings. The molecule has 8 rings (SSSR count). The van der Waals surface area contributed by atoms with Crippen molar-refractivity contribution in [3.05, 3.63) is 58.7 Å². The Balaban J connectivity index is 1.21. The van der Waals surface area contributed by atoms with E-state index in [4.69, 9.17) is 9.47 Å². The van der Waals surface area contributed by atoms with E-state index >= 15 is 0 Å². The van der Waals surface area contributed by atoms with Gasteiger partial charge >= 0.3 is 6.09 Å². The van der Waals surface area contributed by atoms with Gasteiger partial charge in [-0.05, 0) is 106 Å². The third kappa shape index (κ3) is 6.19. The normalized spacial score (nSPS) is 21.9. The van der Waals surface area contributed by atoms with E-state index in [2.05, 4.69) is 15.4 Å². The van der Waals surface area contributed by atoms with Crippen molar-refractivity contribution >= 4 is 44.9 Å². The molecule has 2 unspecified atom stereocenters. The minimum Gasteiger partial charge on any atom is -0.497 e. The number of piperazine rings is 1. The number of carbonyl (C=O) groups is 3. The number of sulfonamides is 1. The van der Waals surface area contributed by atoms with Crippen molar-refractivity contribution in [2.45, 2.75) is 108 Å². The maximum absolute atomic E-state index is 14.6. The first-order chi connectivity index (χ1) is 24.3. The van der Waals surface area contributed by atoms with Crippen LogP contribution in [0.3, 0.4) is 0 Å². The van der Waals surface area contributed by atoms with Crippen LogP contribution in [-0.2, 0) is 26.1 Å². The van der Waals surface area contributed by atoms with Crippen molar-refractivity contribution in [2.75, 3.05) is 20.2 Å². The van der Waals surface area contributed by atoms with Gasteiger partial charge in [-0.3, -0.25) is 9.59 Å². The molecule has 5 aliphatic rings. The van der Waals surface area contributed by atoms with Crippen molar-refractivity contribution < 1.29 is 32.3 Å². The molecule has 1 aromatic heterocycles. The van der Waals surface area contributed by atoms with Crippen LogP contribution in [-0.4, -0.2) is 83.8 Å². The molecule has 2 saturated heterocycles. The molecular weight excluding hydrogens is 669 g/mol. The summed E-state index contributed by atoms with van der Waals surface area (Å²) in [6, 6.07) is 11.2. The number of fused-ring (bicyclic) bond motifs is 7. The van der Waals surface area contributed by atoms with Crippen LogP contribution in [0.25, 0.3) is 28.2 Å². The molecule has 3 aliphatic heterocycles. The summed E-state index contributed by atoms with van der Waals surface area (Å²) >= 11 is 0. The third-order valence-corrected chi connectivity index (χ3v) is 13.0. The number of rotatable bonds is 6. The van der Waals surface area contributed by atoms with Crippen LogP contribution in [0.5, 0.6) is 5.75 Å². The van der Waals surface area contributed by atoms with Gasteiger partial charge in [0.05, 0.1) is 36.7 Å². The summed E-state index contributed by atoms with van der Waals surface area (Å²) in [6.45, 7) is 6.68. The monoisotopic (exact) mass is 714 g/mol. The SMILES string of the molecule is COc1ccc2c(c1)C=C(C(=O)N1CC3CC1CN3C(=O)OC(C)(C)C)Cn1c-2c(C2CCCCC2)c2ccc(C(=O)NS(=O)(=O)C3CC3)cc21. The van der Waals surface area contributed by atoms with Gasteiger partial charge in [-0.25, -0.2) is 17.9 Å². The van der Waals surface area contributed by atoms with Crippen molar-refractivity contribution in [3.63, 3.8) is 0 Å². The second-order valence-corrected chi connectivity index (χ2v) is 17.8. The van der Waals surface area contributed by atoms with E-state index in [1.165, 1.54) is 12.0 Å². The average molecular weight is 715 g/mol. The molecule has 2 bridgehead atoms. The molecule has 2 saturated carbocycles. The first kappa shape index (κ1) is 33.8. The molecule has 3 aromatic rings. The fourth-order valence-corrected chi connectivity index (χ4v) is 9.91. The highest BCUT2D eigenvalue weighted by atomic mass is 32.2. The lowest BCUT2D eigenvalue weighted by Gasteiger charge is -2.35. The van der Waals surface area contributed by atoms with Gasteiger partial charge in [0, 0.05) is 40.7 Å². The van der Waals surface area contributed by atoms with Gasteiger partial charge < -0.3 is 23.8 Å². The molecule has 2 aliphatic carbocycles. The van der Waals surface area contributed by atoms with Crippen LogP contribution in [0.1, 0.15) is 99.5 Å². The number of ether oxygens (including phenoxy) is 2. The van der Waals surface area contributed by atoms with Crippen molar-refractivity contribution in [2.24, 2.45) is 0 Å². The molecule has 4 heterocycles. The number of likely N-dealkylation sites (tertiary alicyclic amines) is 2. The first-order valence-electron chi connectivity index (χ1n) is 18.2. The van der Waals surface area contributed by atoms with Gasteiger partial charge in [0.1, 0.15) is 11.4 Å².